The summed E-state index contributed by atoms with van der Waals surface area (Å²) in [6.07, 6.45) is 2.29. The van der Waals surface area contributed by atoms with Gasteiger partial charge in [-0.15, -0.1) is 0 Å². The molecule has 0 aliphatic carbocycles. The Hall–Kier alpha value is -2.37. The van der Waals surface area contributed by atoms with Crippen molar-refractivity contribution in [1.82, 2.24) is 9.97 Å². The number of hydrogen-bond donors (Lipinski definition) is 2. The molecule has 0 amide bonds. The largest absolute Gasteiger partial charge is 0.477 e. The van der Waals surface area contributed by atoms with Gasteiger partial charge < -0.3 is 14.8 Å². The van der Waals surface area contributed by atoms with Crippen LogP contribution in [0.4, 0.5) is 5.95 Å². The molecule has 0 saturated heterocycles. The average Bonchev–Trinajstić information content (AvgIpc) is 2.80. The number of carboxylic acid groups (broad SMARTS) is 1. The van der Waals surface area contributed by atoms with E-state index in [1.807, 2.05) is 19.1 Å². The molecule has 6 nitrogen and oxygen atoms in total. The Morgan fingerprint density at radius 2 is 2.32 bits per heavy atom. The molecule has 0 radical (unpaired) electrons. The highest BCUT2D eigenvalue weighted by molar-refractivity contribution is 5.85. The van der Waals surface area contributed by atoms with Crippen LogP contribution in [0.3, 0.4) is 0 Å². The molecule has 2 aromatic rings. The number of anilines is 1. The fourth-order valence-corrected chi connectivity index (χ4v) is 1.74. The summed E-state index contributed by atoms with van der Waals surface area (Å²) < 4.78 is 5.25. The van der Waals surface area contributed by atoms with E-state index in [4.69, 9.17) is 9.52 Å². The third-order valence-electron chi connectivity index (χ3n) is 2.54. The predicted molar refractivity (Wildman–Crippen MR) is 69.2 cm³/mol. The highest BCUT2D eigenvalue weighted by Crippen LogP contribution is 2.10. The second-order valence-electron chi connectivity index (χ2n) is 4.35. The minimum absolute atomic E-state index is 0.0137. The number of hydrogen-bond acceptors (Lipinski definition) is 5. The van der Waals surface area contributed by atoms with Crippen molar-refractivity contribution in [2.45, 2.75) is 26.3 Å². The van der Waals surface area contributed by atoms with Crippen molar-refractivity contribution in [3.05, 3.63) is 41.6 Å². The smallest absolute Gasteiger partial charge is 0.354 e. The summed E-state index contributed by atoms with van der Waals surface area (Å²) in [6, 6.07) is 5.19. The third kappa shape index (κ3) is 3.54. The van der Waals surface area contributed by atoms with Gasteiger partial charge in [-0.2, -0.15) is 0 Å². The zero-order chi connectivity index (χ0) is 13.8. The molecule has 1 atom stereocenters. The molecule has 2 rings (SSSR count). The minimum atomic E-state index is -1.06. The van der Waals surface area contributed by atoms with Crippen molar-refractivity contribution in [2.24, 2.45) is 0 Å². The van der Waals surface area contributed by atoms with Crippen LogP contribution < -0.4 is 5.32 Å². The van der Waals surface area contributed by atoms with Crippen LogP contribution >= 0.6 is 0 Å². The van der Waals surface area contributed by atoms with Crippen LogP contribution in [0.2, 0.25) is 0 Å². The maximum atomic E-state index is 10.9. The van der Waals surface area contributed by atoms with Crippen LogP contribution in [0.5, 0.6) is 0 Å². The first kappa shape index (κ1) is 13.1. The Kier molecular flexibility index (Phi) is 3.79. The molecule has 0 bridgehead atoms. The van der Waals surface area contributed by atoms with E-state index < -0.39 is 5.97 Å². The molecule has 0 aliphatic heterocycles. The molecule has 0 fully saturated rings. The normalized spacial score (nSPS) is 12.1. The summed E-state index contributed by atoms with van der Waals surface area (Å²) >= 11 is 0. The third-order valence-corrected chi connectivity index (χ3v) is 2.54. The fraction of sp³-hybridized carbons (Fsp3) is 0.308. The zero-order valence-electron chi connectivity index (χ0n) is 10.8. The van der Waals surface area contributed by atoms with Crippen molar-refractivity contribution in [2.75, 3.05) is 5.32 Å². The molecule has 0 aliphatic rings. The van der Waals surface area contributed by atoms with E-state index in [1.165, 1.54) is 6.07 Å². The summed E-state index contributed by atoms with van der Waals surface area (Å²) in [4.78, 5) is 19.0. The van der Waals surface area contributed by atoms with Gasteiger partial charge in [-0.1, -0.05) is 0 Å². The first-order chi connectivity index (χ1) is 9.04. The number of aromatic nitrogens is 2. The number of aromatic carboxylic acids is 1. The molecule has 19 heavy (non-hydrogen) atoms. The van der Waals surface area contributed by atoms with Crippen molar-refractivity contribution < 1.29 is 14.3 Å². The number of carboxylic acids is 1. The van der Waals surface area contributed by atoms with Gasteiger partial charge in [0.05, 0.1) is 6.26 Å². The maximum absolute atomic E-state index is 10.9. The molecule has 0 spiro atoms. The van der Waals surface area contributed by atoms with E-state index in [0.29, 0.717) is 18.1 Å². The van der Waals surface area contributed by atoms with Crippen molar-refractivity contribution in [3.63, 3.8) is 0 Å². The maximum Gasteiger partial charge on any atom is 0.354 e. The molecule has 6 heteroatoms. The quantitative estimate of drug-likeness (QED) is 0.857. The van der Waals surface area contributed by atoms with E-state index in [-0.39, 0.29) is 11.7 Å². The lowest BCUT2D eigenvalue weighted by molar-refractivity contribution is 0.0690. The van der Waals surface area contributed by atoms with E-state index >= 15 is 0 Å². The van der Waals surface area contributed by atoms with Crippen LogP contribution in [-0.2, 0) is 6.42 Å². The van der Waals surface area contributed by atoms with E-state index in [9.17, 15) is 4.79 Å². The Bertz CT molecular complexity index is 567. The summed E-state index contributed by atoms with van der Waals surface area (Å²) in [5.41, 5.74) is 0.597. The van der Waals surface area contributed by atoms with E-state index in [2.05, 4.69) is 15.3 Å². The highest BCUT2D eigenvalue weighted by atomic mass is 16.4. The minimum Gasteiger partial charge on any atom is -0.477 e. The lowest BCUT2D eigenvalue weighted by Crippen LogP contribution is -2.20. The predicted octanol–water partition coefficient (Wildman–Crippen LogP) is 2.12. The molecular weight excluding hydrogens is 246 g/mol. The fourth-order valence-electron chi connectivity index (χ4n) is 1.74. The van der Waals surface area contributed by atoms with Gasteiger partial charge in [0.2, 0.25) is 5.95 Å². The van der Waals surface area contributed by atoms with Gasteiger partial charge in [-0.3, -0.25) is 0 Å². The topological polar surface area (TPSA) is 88.2 Å². The molecule has 2 heterocycles. The van der Waals surface area contributed by atoms with Gasteiger partial charge in [-0.05, 0) is 32.0 Å². The Morgan fingerprint density at radius 3 is 2.95 bits per heavy atom. The number of nitrogens with one attached hydrogen (secondary N) is 1. The van der Waals surface area contributed by atoms with Crippen LogP contribution in [-0.4, -0.2) is 27.1 Å². The van der Waals surface area contributed by atoms with Gasteiger partial charge in [0.15, 0.2) is 5.69 Å². The van der Waals surface area contributed by atoms with Crippen LogP contribution in [0.1, 0.15) is 28.9 Å². The second-order valence-corrected chi connectivity index (χ2v) is 4.35. The molecule has 2 aromatic heterocycles. The molecular formula is C13H15N3O3. The van der Waals surface area contributed by atoms with E-state index in [0.717, 1.165) is 5.76 Å². The van der Waals surface area contributed by atoms with Crippen molar-refractivity contribution >= 4 is 11.9 Å². The number of aryl methyl sites for hydroxylation is 1. The monoisotopic (exact) mass is 261 g/mol. The Labute approximate surface area is 110 Å². The summed E-state index contributed by atoms with van der Waals surface area (Å²) in [5, 5.41) is 12.0. The second kappa shape index (κ2) is 5.51. The zero-order valence-corrected chi connectivity index (χ0v) is 10.8. The first-order valence-electron chi connectivity index (χ1n) is 5.92. The first-order valence-corrected chi connectivity index (χ1v) is 5.92. The van der Waals surface area contributed by atoms with Gasteiger partial charge >= 0.3 is 5.97 Å². The molecule has 0 saturated carbocycles. The van der Waals surface area contributed by atoms with Gasteiger partial charge in [0.1, 0.15) is 5.76 Å². The molecule has 0 aromatic carbocycles. The van der Waals surface area contributed by atoms with Crippen molar-refractivity contribution in [3.8, 4) is 0 Å². The Balaban J connectivity index is 2.08. The SMILES string of the molecule is Cc1cc(C(=O)O)nc(NC(C)Cc2ccco2)n1. The van der Waals surface area contributed by atoms with Gasteiger partial charge in [0.25, 0.3) is 0 Å². The molecule has 1 unspecified atom stereocenters. The molecule has 2 N–H and O–H groups in total. The Morgan fingerprint density at radius 1 is 1.53 bits per heavy atom. The average molecular weight is 261 g/mol. The van der Waals surface area contributed by atoms with Gasteiger partial charge in [-0.25, -0.2) is 14.8 Å². The highest BCUT2D eigenvalue weighted by Gasteiger charge is 2.11. The summed E-state index contributed by atoms with van der Waals surface area (Å²) in [5.74, 6) is 0.106. The van der Waals surface area contributed by atoms with Gasteiger partial charge in [0, 0.05) is 18.2 Å². The lowest BCUT2D eigenvalue weighted by Gasteiger charge is -2.13. The number of carbonyl (C=O) groups is 1. The van der Waals surface area contributed by atoms with E-state index in [1.54, 1.807) is 13.2 Å². The number of nitrogens with zero attached hydrogens (tertiary/aromatic N) is 2. The number of furan rings is 1. The summed E-state index contributed by atoms with van der Waals surface area (Å²) in [7, 11) is 0. The summed E-state index contributed by atoms with van der Waals surface area (Å²) in [6.45, 7) is 3.69. The lowest BCUT2D eigenvalue weighted by atomic mass is 10.2. The van der Waals surface area contributed by atoms with Crippen LogP contribution in [0, 0.1) is 6.92 Å². The van der Waals surface area contributed by atoms with Crippen LogP contribution in [0.15, 0.2) is 28.9 Å². The van der Waals surface area contributed by atoms with Crippen LogP contribution in [0.25, 0.3) is 0 Å². The standard InChI is InChI=1S/C13H15N3O3/c1-8(6-10-4-3-5-19-10)14-13-15-9(2)7-11(16-13)12(17)18/h3-5,7-8H,6H2,1-2H3,(H,17,18)(H,14,15,16). The molecule has 100 valence electrons. The van der Waals surface area contributed by atoms with Crippen molar-refractivity contribution in [1.29, 1.82) is 0 Å². The number of rotatable bonds is 5.